The first-order chi connectivity index (χ1) is 35.5. The van der Waals surface area contributed by atoms with Crippen LogP contribution in [-0.2, 0) is 37.9 Å². The van der Waals surface area contributed by atoms with Crippen LogP contribution >= 0.6 is 0 Å². The highest BCUT2D eigenvalue weighted by Gasteiger charge is 2.73. The zero-order valence-corrected chi connectivity index (χ0v) is 45.0. The molecule has 4 heterocycles. The van der Waals surface area contributed by atoms with Crippen LogP contribution in [0.15, 0.2) is 11.6 Å². The van der Waals surface area contributed by atoms with Gasteiger partial charge in [-0.05, 0) is 117 Å². The van der Waals surface area contributed by atoms with Gasteiger partial charge in [0.15, 0.2) is 25.2 Å². The van der Waals surface area contributed by atoms with Crippen LogP contribution in [0.3, 0.4) is 0 Å². The van der Waals surface area contributed by atoms with Crippen LogP contribution in [0.2, 0.25) is 0 Å². The number of aliphatic hydroxyl groups is 15. The van der Waals surface area contributed by atoms with Gasteiger partial charge in [0.1, 0.15) is 91.6 Å². The fourth-order valence-electron chi connectivity index (χ4n) is 16.2. The minimum Gasteiger partial charge on any atom is -0.394 e. The first-order valence-electron chi connectivity index (χ1n) is 27.4. The van der Waals surface area contributed by atoms with E-state index in [4.69, 9.17) is 37.9 Å². The Hall–Kier alpha value is -1.18. The lowest BCUT2D eigenvalue weighted by molar-refractivity contribution is -0.373. The van der Waals surface area contributed by atoms with E-state index in [9.17, 15) is 76.6 Å². The van der Waals surface area contributed by atoms with Crippen LogP contribution in [0.1, 0.15) is 107 Å². The molecular weight excluding hydrogens is 1000 g/mol. The van der Waals surface area contributed by atoms with Crippen molar-refractivity contribution in [2.75, 3.05) is 26.4 Å². The second-order valence-corrected chi connectivity index (χ2v) is 25.5. The van der Waals surface area contributed by atoms with Crippen molar-refractivity contribution in [2.24, 2.45) is 45.3 Å². The molecule has 8 rings (SSSR count). The highest BCUT2D eigenvalue weighted by Crippen LogP contribution is 2.76. The molecule has 0 aromatic carbocycles. The maximum absolute atomic E-state index is 12.8. The number of hydrogen-bond acceptors (Lipinski definition) is 23. The fourth-order valence-corrected chi connectivity index (χ4v) is 16.2. The van der Waals surface area contributed by atoms with Gasteiger partial charge in [0.25, 0.3) is 0 Å². The first kappa shape index (κ1) is 60.9. The summed E-state index contributed by atoms with van der Waals surface area (Å²) in [5, 5.41) is 164. The Balaban J connectivity index is 0.990. The average Bonchev–Trinajstić information content (AvgIpc) is 3.77. The molecule has 0 radical (unpaired) electrons. The van der Waals surface area contributed by atoms with E-state index in [0.717, 1.165) is 18.4 Å². The summed E-state index contributed by atoms with van der Waals surface area (Å²) >= 11 is 0. The molecule has 0 amide bonds. The summed E-state index contributed by atoms with van der Waals surface area (Å²) in [5.74, 6) is -0.794. The van der Waals surface area contributed by atoms with E-state index in [1.807, 2.05) is 34.6 Å². The van der Waals surface area contributed by atoms with Gasteiger partial charge in [-0.15, -0.1) is 0 Å². The van der Waals surface area contributed by atoms with Crippen LogP contribution in [0, 0.1) is 45.3 Å². The molecule has 0 bridgehead atoms. The summed E-state index contributed by atoms with van der Waals surface area (Å²) < 4.78 is 47.9. The summed E-state index contributed by atoms with van der Waals surface area (Å²) in [6.07, 6.45) is -26.4. The minimum absolute atomic E-state index is 0.0940. The van der Waals surface area contributed by atoms with Crippen molar-refractivity contribution in [3.8, 4) is 0 Å². The van der Waals surface area contributed by atoms with Crippen LogP contribution in [0.25, 0.3) is 0 Å². The summed E-state index contributed by atoms with van der Waals surface area (Å²) in [4.78, 5) is 0. The fraction of sp³-hybridized carbons (Fsp3) is 0.962. The third-order valence-corrected chi connectivity index (χ3v) is 20.4. The molecule has 0 aromatic heterocycles. The molecule has 8 fully saturated rings. The first-order valence-corrected chi connectivity index (χ1v) is 27.4. The van der Waals surface area contributed by atoms with Crippen LogP contribution in [0.4, 0.5) is 0 Å². The molecule has 0 aromatic rings. The highest BCUT2D eigenvalue weighted by molar-refractivity contribution is 5.21. The second kappa shape index (κ2) is 22.9. The number of ether oxygens (including phenoxy) is 8. The van der Waals surface area contributed by atoms with Gasteiger partial charge in [-0.1, -0.05) is 46.3 Å². The van der Waals surface area contributed by atoms with E-state index in [1.54, 1.807) is 0 Å². The molecule has 0 spiro atoms. The van der Waals surface area contributed by atoms with Crippen molar-refractivity contribution in [3.05, 3.63) is 11.6 Å². The van der Waals surface area contributed by atoms with Crippen LogP contribution < -0.4 is 0 Å². The SMILES string of the molecule is CC(C)=CCC[C@@](C)(O[C@@H]1O[C@H](CO[C@@H]2OC[C@@H](O)[C@H](O)[C@H]2O)[C@@H](O)[C@H](O)[C@H]1O)[C@H]1CC[C@]2(C)C1[C@H](O)CC1[C@@]3(C)C[C@@H](O)[C@H](O[C@@H]4O[C@H](CO)[C@@H](O[C@@H]5O[C@H](CO)[C@@H](O)[C@H](O)[C@H]5O)[C@H](O)[C@H]4O)C(C)(C)C3CC[C@]12C. The Labute approximate surface area is 444 Å². The van der Waals surface area contributed by atoms with E-state index in [2.05, 4.69) is 26.8 Å². The van der Waals surface area contributed by atoms with Crippen LogP contribution in [0.5, 0.6) is 0 Å². The smallest absolute Gasteiger partial charge is 0.187 e. The Bertz CT molecular complexity index is 1980. The quantitative estimate of drug-likeness (QED) is 0.0591. The second-order valence-electron chi connectivity index (χ2n) is 25.5. The Morgan fingerprint density at radius 1 is 0.592 bits per heavy atom. The van der Waals surface area contributed by atoms with Crippen LogP contribution in [-0.4, -0.2) is 244 Å². The predicted molar refractivity (Wildman–Crippen MR) is 262 cm³/mol. The van der Waals surface area contributed by atoms with Crippen molar-refractivity contribution in [1.82, 2.24) is 0 Å². The van der Waals surface area contributed by atoms with E-state index < -0.39 is 177 Å². The topological polar surface area (TPSA) is 377 Å². The van der Waals surface area contributed by atoms with Crippen molar-refractivity contribution in [1.29, 1.82) is 0 Å². The summed E-state index contributed by atoms with van der Waals surface area (Å²) in [5.41, 5.74) is -2.20. The molecular formula is C53H90O23. The van der Waals surface area contributed by atoms with E-state index in [0.29, 0.717) is 32.1 Å². The number of fused-ring (bicyclic) bond motifs is 5. The Kier molecular flexibility index (Phi) is 18.3. The molecule has 76 heavy (non-hydrogen) atoms. The monoisotopic (exact) mass is 1090 g/mol. The average molecular weight is 1100 g/mol. The van der Waals surface area contributed by atoms with Crippen molar-refractivity contribution >= 4 is 0 Å². The molecule has 23 nitrogen and oxygen atoms in total. The molecule has 23 heteroatoms. The molecule has 4 aliphatic heterocycles. The van der Waals surface area contributed by atoms with E-state index in [1.165, 1.54) is 0 Å². The van der Waals surface area contributed by atoms with Gasteiger partial charge in [0.2, 0.25) is 0 Å². The molecule has 4 saturated heterocycles. The Morgan fingerprint density at radius 2 is 1.16 bits per heavy atom. The van der Waals surface area contributed by atoms with Gasteiger partial charge in [-0.3, -0.25) is 0 Å². The zero-order valence-electron chi connectivity index (χ0n) is 45.0. The molecule has 4 saturated carbocycles. The van der Waals surface area contributed by atoms with Gasteiger partial charge in [-0.2, -0.15) is 0 Å². The summed E-state index contributed by atoms with van der Waals surface area (Å²) in [6.45, 7) is 14.4. The summed E-state index contributed by atoms with van der Waals surface area (Å²) in [7, 11) is 0. The predicted octanol–water partition coefficient (Wildman–Crippen LogP) is -2.59. The third-order valence-electron chi connectivity index (χ3n) is 20.4. The Morgan fingerprint density at radius 3 is 1.80 bits per heavy atom. The molecule has 4 aliphatic carbocycles. The minimum atomic E-state index is -1.83. The van der Waals surface area contributed by atoms with Crippen molar-refractivity contribution < 1.29 is 114 Å². The van der Waals surface area contributed by atoms with Gasteiger partial charge in [-0.25, -0.2) is 0 Å². The highest BCUT2D eigenvalue weighted by atomic mass is 16.8. The molecule has 15 N–H and O–H groups in total. The number of allylic oxidation sites excluding steroid dienone is 2. The normalized spacial score (nSPS) is 53.2. The lowest BCUT2D eigenvalue weighted by Gasteiger charge is -2.71. The maximum Gasteiger partial charge on any atom is 0.187 e. The molecule has 440 valence electrons. The number of hydrogen-bond donors (Lipinski definition) is 15. The van der Waals surface area contributed by atoms with Crippen molar-refractivity contribution in [2.45, 2.75) is 247 Å². The van der Waals surface area contributed by atoms with Gasteiger partial charge < -0.3 is 114 Å². The molecule has 8 aliphatic rings. The van der Waals surface area contributed by atoms with Gasteiger partial charge in [0, 0.05) is 0 Å². The van der Waals surface area contributed by atoms with E-state index >= 15 is 0 Å². The van der Waals surface area contributed by atoms with Crippen molar-refractivity contribution in [3.63, 3.8) is 0 Å². The van der Waals surface area contributed by atoms with Gasteiger partial charge >= 0.3 is 0 Å². The standard InChI is InChI=1S/C53H90O23/c1-22(2)10-9-13-53(8,76-48-41(67)37(63)35(61)29(73-48)21-70-45-39(65)33(59)26(58)20-69-45)23-11-14-52(7)32(23)24(56)16-31-50(5)17-25(57)44(49(3,4)30(50)12-15-51(31,52)6)75-47-42(68)38(64)43(28(19-55)72-47)74-46-40(66)36(62)34(60)27(18-54)71-46/h10,23-48,54-68H,9,11-21H2,1-8H3/t23-,24+,25+,26+,27+,28+,29+,30?,31?,32?,33-,34+,35+,36-,37-,38+,39+,40+,41+,42+,43+,44-,45-,46-,47-,48-,50-,51+,52+,53+/m0/s1. The zero-order chi connectivity index (χ0) is 55.9. The molecule has 30 atom stereocenters. The maximum atomic E-state index is 12.8. The van der Waals surface area contributed by atoms with Gasteiger partial charge in [0.05, 0.1) is 50.3 Å². The lowest BCUT2D eigenvalue weighted by Crippen LogP contribution is -2.70. The third kappa shape index (κ3) is 10.5. The summed E-state index contributed by atoms with van der Waals surface area (Å²) in [6, 6.07) is 0. The largest absolute Gasteiger partial charge is 0.394 e. The lowest BCUT2D eigenvalue weighted by atomic mass is 9.35. The number of rotatable bonds is 15. The number of aliphatic hydroxyl groups excluding tert-OH is 15. The molecule has 3 unspecified atom stereocenters. The van der Waals surface area contributed by atoms with E-state index in [-0.39, 0.29) is 42.1 Å².